The summed E-state index contributed by atoms with van der Waals surface area (Å²) in [5.74, 6) is 0.0198. The Balaban J connectivity index is 1.79. The summed E-state index contributed by atoms with van der Waals surface area (Å²) in [6.07, 6.45) is 0.997. The van der Waals surface area contributed by atoms with Crippen LogP contribution in [0.5, 0.6) is 0 Å². The van der Waals surface area contributed by atoms with Gasteiger partial charge in [-0.1, -0.05) is 32.0 Å². The summed E-state index contributed by atoms with van der Waals surface area (Å²) in [5, 5.41) is 7.35. The maximum atomic E-state index is 13.0. The predicted octanol–water partition coefficient (Wildman–Crippen LogP) is 5.26. The number of hydrogen-bond donors (Lipinski definition) is 1. The number of anilines is 1. The van der Waals surface area contributed by atoms with Gasteiger partial charge in [0.05, 0.1) is 5.69 Å². The van der Waals surface area contributed by atoms with Crippen LogP contribution in [0.15, 0.2) is 48.5 Å². The first kappa shape index (κ1) is 20.5. The highest BCUT2D eigenvalue weighted by atomic mass is 16.2. The molecule has 0 fully saturated rings. The fourth-order valence-corrected chi connectivity index (χ4v) is 3.61. The minimum absolute atomic E-state index is 0.168. The summed E-state index contributed by atoms with van der Waals surface area (Å²) in [6.45, 7) is 10.1. The third-order valence-corrected chi connectivity index (χ3v) is 5.42. The van der Waals surface area contributed by atoms with Crippen LogP contribution < -0.4 is 5.32 Å². The number of rotatable bonds is 5. The molecule has 1 amide bonds. The van der Waals surface area contributed by atoms with E-state index in [9.17, 15) is 9.59 Å². The lowest BCUT2D eigenvalue weighted by Crippen LogP contribution is -2.16. The van der Waals surface area contributed by atoms with Crippen LogP contribution in [-0.2, 0) is 0 Å². The van der Waals surface area contributed by atoms with E-state index >= 15 is 0 Å². The summed E-state index contributed by atoms with van der Waals surface area (Å²) in [6, 6.07) is 14.3. The number of aromatic nitrogens is 2. The van der Waals surface area contributed by atoms with Crippen molar-refractivity contribution in [2.45, 2.75) is 47.0 Å². The van der Waals surface area contributed by atoms with E-state index in [1.165, 1.54) is 4.68 Å². The van der Waals surface area contributed by atoms with Gasteiger partial charge in [-0.2, -0.15) is 5.10 Å². The molecular weight excluding hydrogens is 362 g/mol. The van der Waals surface area contributed by atoms with E-state index < -0.39 is 0 Å². The highest BCUT2D eigenvalue weighted by Gasteiger charge is 2.20. The van der Waals surface area contributed by atoms with Crippen LogP contribution in [0.2, 0.25) is 0 Å². The first-order valence-electron chi connectivity index (χ1n) is 9.91. The molecule has 0 spiro atoms. The highest BCUT2D eigenvalue weighted by Crippen LogP contribution is 2.26. The summed E-state index contributed by atoms with van der Waals surface area (Å²) in [5.41, 5.74) is 5.64. The Hall–Kier alpha value is -3.21. The zero-order valence-corrected chi connectivity index (χ0v) is 17.6. The normalized spacial score (nSPS) is 11.9. The van der Waals surface area contributed by atoms with Crippen molar-refractivity contribution < 1.29 is 9.59 Å². The Kier molecular flexibility index (Phi) is 5.97. The van der Waals surface area contributed by atoms with Crippen molar-refractivity contribution in [3.63, 3.8) is 0 Å². The average Bonchev–Trinajstić information content (AvgIpc) is 3.01. The molecule has 1 unspecified atom stereocenters. The van der Waals surface area contributed by atoms with E-state index in [4.69, 9.17) is 0 Å². The molecule has 0 saturated heterocycles. The Morgan fingerprint density at radius 3 is 2.31 bits per heavy atom. The van der Waals surface area contributed by atoms with Crippen LogP contribution in [0.1, 0.15) is 69.4 Å². The summed E-state index contributed by atoms with van der Waals surface area (Å²) >= 11 is 0. The maximum Gasteiger partial charge on any atom is 0.278 e. The molecule has 2 aromatic carbocycles. The monoisotopic (exact) mass is 389 g/mol. The van der Waals surface area contributed by atoms with Crippen molar-refractivity contribution in [1.29, 1.82) is 0 Å². The van der Waals surface area contributed by atoms with Crippen LogP contribution >= 0.6 is 0 Å². The number of benzene rings is 2. The molecule has 150 valence electrons. The van der Waals surface area contributed by atoms with Crippen molar-refractivity contribution in [3.8, 4) is 0 Å². The average molecular weight is 389 g/mol. The second-order valence-electron chi connectivity index (χ2n) is 7.46. The number of hydrogen-bond acceptors (Lipinski definition) is 3. The molecule has 1 heterocycles. The minimum Gasteiger partial charge on any atom is -0.322 e. The predicted molar refractivity (Wildman–Crippen MR) is 116 cm³/mol. The van der Waals surface area contributed by atoms with Gasteiger partial charge in [-0.25, -0.2) is 4.68 Å². The van der Waals surface area contributed by atoms with Gasteiger partial charge in [0.1, 0.15) is 0 Å². The molecule has 0 aliphatic rings. The van der Waals surface area contributed by atoms with Crippen LogP contribution in [0, 0.1) is 20.8 Å². The van der Waals surface area contributed by atoms with Crippen LogP contribution in [0.4, 0.5) is 5.69 Å². The highest BCUT2D eigenvalue weighted by molar-refractivity contribution is 6.05. The molecule has 0 saturated carbocycles. The third-order valence-electron chi connectivity index (χ3n) is 5.42. The fourth-order valence-electron chi connectivity index (χ4n) is 3.61. The molecule has 0 aliphatic carbocycles. The molecule has 3 aromatic rings. The molecule has 29 heavy (non-hydrogen) atoms. The number of amides is 1. The van der Waals surface area contributed by atoms with Gasteiger partial charge >= 0.3 is 0 Å². The van der Waals surface area contributed by atoms with Gasteiger partial charge in [0.25, 0.3) is 11.8 Å². The fraction of sp³-hybridized carbons (Fsp3) is 0.292. The van der Waals surface area contributed by atoms with E-state index in [2.05, 4.69) is 24.3 Å². The van der Waals surface area contributed by atoms with Gasteiger partial charge in [-0.3, -0.25) is 9.59 Å². The van der Waals surface area contributed by atoms with Gasteiger partial charge in [-0.05, 0) is 74.6 Å². The molecule has 1 atom stereocenters. The zero-order valence-electron chi connectivity index (χ0n) is 17.6. The Bertz CT molecular complexity index is 1050. The Morgan fingerprint density at radius 1 is 1.03 bits per heavy atom. The van der Waals surface area contributed by atoms with Crippen molar-refractivity contribution in [3.05, 3.63) is 82.2 Å². The minimum atomic E-state index is -0.170. The quantitative estimate of drug-likeness (QED) is 0.647. The number of nitrogens with one attached hydrogen (secondary N) is 1. The Labute approximate surface area is 171 Å². The molecule has 1 N–H and O–H groups in total. The lowest BCUT2D eigenvalue weighted by atomic mass is 9.97. The van der Waals surface area contributed by atoms with E-state index in [0.717, 1.165) is 28.9 Å². The van der Waals surface area contributed by atoms with Crippen molar-refractivity contribution in [1.82, 2.24) is 9.78 Å². The molecule has 0 aliphatic heterocycles. The summed E-state index contributed by atoms with van der Waals surface area (Å²) < 4.78 is 1.48. The van der Waals surface area contributed by atoms with Crippen molar-refractivity contribution in [2.75, 3.05) is 5.32 Å². The van der Waals surface area contributed by atoms with Gasteiger partial charge in [0.2, 0.25) is 0 Å². The third kappa shape index (κ3) is 4.14. The number of nitrogens with zero attached hydrogens (tertiary/aromatic N) is 2. The first-order chi connectivity index (χ1) is 13.8. The second-order valence-corrected chi connectivity index (χ2v) is 7.46. The van der Waals surface area contributed by atoms with Gasteiger partial charge < -0.3 is 5.32 Å². The lowest BCUT2D eigenvalue weighted by Gasteiger charge is -2.10. The zero-order chi connectivity index (χ0) is 21.1. The smallest absolute Gasteiger partial charge is 0.278 e. The standard InChI is InChI=1S/C24H27N3O2/c1-6-15(2)22-17(4)26-27(18(22)5)24(29)19-11-13-20(14-12-19)25-23(28)21-10-8-7-9-16(21)3/h7-15H,6H2,1-5H3,(H,25,28). The summed E-state index contributed by atoms with van der Waals surface area (Å²) in [4.78, 5) is 25.4. The number of carbonyl (C=O) groups is 2. The van der Waals surface area contributed by atoms with Gasteiger partial charge in [0.15, 0.2) is 0 Å². The molecule has 5 heteroatoms. The molecule has 1 aromatic heterocycles. The molecule has 0 bridgehead atoms. The van der Waals surface area contributed by atoms with E-state index in [0.29, 0.717) is 22.7 Å². The van der Waals surface area contributed by atoms with Crippen molar-refractivity contribution in [2.24, 2.45) is 0 Å². The number of aryl methyl sites for hydroxylation is 2. The molecule has 0 radical (unpaired) electrons. The molecule has 3 rings (SSSR count). The van der Waals surface area contributed by atoms with E-state index in [1.54, 1.807) is 30.3 Å². The largest absolute Gasteiger partial charge is 0.322 e. The topological polar surface area (TPSA) is 64.0 Å². The summed E-state index contributed by atoms with van der Waals surface area (Å²) in [7, 11) is 0. The Morgan fingerprint density at radius 2 is 1.69 bits per heavy atom. The van der Waals surface area contributed by atoms with Crippen LogP contribution in [0.3, 0.4) is 0 Å². The first-order valence-corrected chi connectivity index (χ1v) is 9.91. The molecular formula is C24H27N3O2. The number of carbonyl (C=O) groups excluding carboxylic acids is 2. The van der Waals surface area contributed by atoms with Crippen LogP contribution in [0.25, 0.3) is 0 Å². The molecule has 5 nitrogen and oxygen atoms in total. The SMILES string of the molecule is CCC(C)c1c(C)nn(C(=O)c2ccc(NC(=O)c3ccccc3C)cc2)c1C. The second kappa shape index (κ2) is 8.43. The lowest BCUT2D eigenvalue weighted by molar-refractivity contribution is 0.0941. The van der Waals surface area contributed by atoms with Crippen molar-refractivity contribution >= 4 is 17.5 Å². The van der Waals surface area contributed by atoms with Crippen LogP contribution in [-0.4, -0.2) is 21.6 Å². The maximum absolute atomic E-state index is 13.0. The van der Waals surface area contributed by atoms with Gasteiger partial charge in [-0.15, -0.1) is 0 Å². The van der Waals surface area contributed by atoms with Gasteiger partial charge in [0, 0.05) is 22.5 Å². The van der Waals surface area contributed by atoms with E-state index in [1.807, 2.05) is 39.0 Å². The van der Waals surface area contributed by atoms with E-state index in [-0.39, 0.29) is 11.8 Å².